The molecule has 0 saturated heterocycles. The van der Waals surface area contributed by atoms with Crippen molar-refractivity contribution in [3.63, 3.8) is 0 Å². The Balaban J connectivity index is 1.74. The summed E-state index contributed by atoms with van der Waals surface area (Å²) in [6.07, 6.45) is 0. The lowest BCUT2D eigenvalue weighted by Crippen LogP contribution is -2.36. The molecule has 0 fully saturated rings. The van der Waals surface area contributed by atoms with Gasteiger partial charge in [0.25, 0.3) is 5.91 Å². The number of fused-ring (bicyclic) bond motifs is 1. The lowest BCUT2D eigenvalue weighted by molar-refractivity contribution is -0.136. The van der Waals surface area contributed by atoms with Crippen LogP contribution >= 0.6 is 12.2 Å². The van der Waals surface area contributed by atoms with Crippen LogP contribution in [-0.2, 0) is 19.6 Å². The monoisotopic (exact) mass is 433 g/mol. The molecule has 0 bridgehead atoms. The highest BCUT2D eigenvalue weighted by Gasteiger charge is 2.35. The summed E-state index contributed by atoms with van der Waals surface area (Å²) < 4.78 is 22.5. The van der Waals surface area contributed by atoms with E-state index in [0.717, 1.165) is 4.90 Å². The van der Waals surface area contributed by atoms with Gasteiger partial charge in [0.2, 0.25) is 10.0 Å². The van der Waals surface area contributed by atoms with Crippen LogP contribution in [0.2, 0.25) is 0 Å². The Morgan fingerprint density at radius 1 is 1.17 bits per heavy atom. The van der Waals surface area contributed by atoms with Gasteiger partial charge in [-0.25, -0.2) is 13.6 Å². The van der Waals surface area contributed by atoms with Gasteiger partial charge in [0.05, 0.1) is 10.6 Å². The molecule has 0 unspecified atom stereocenters. The molecule has 10 nitrogen and oxygen atoms in total. The van der Waals surface area contributed by atoms with Gasteiger partial charge in [0, 0.05) is 11.3 Å². The molecule has 2 aromatic rings. The number of carboxylic acid groups (broad SMARTS) is 1. The highest BCUT2D eigenvalue weighted by molar-refractivity contribution is 7.89. The van der Waals surface area contributed by atoms with Crippen molar-refractivity contribution >= 4 is 56.3 Å². The minimum absolute atomic E-state index is 0.0237. The first-order valence-corrected chi connectivity index (χ1v) is 10.0. The van der Waals surface area contributed by atoms with Gasteiger partial charge in [-0.15, -0.1) is 0 Å². The van der Waals surface area contributed by atoms with Gasteiger partial charge < -0.3 is 10.4 Å². The largest absolute Gasteiger partial charge is 0.480 e. The van der Waals surface area contributed by atoms with Crippen molar-refractivity contribution in [2.45, 2.75) is 4.90 Å². The number of aliphatic carboxylic acids is 1. The average Bonchev–Trinajstić information content (AvgIpc) is 2.91. The van der Waals surface area contributed by atoms with E-state index in [9.17, 15) is 18.0 Å². The van der Waals surface area contributed by atoms with Gasteiger partial charge in [-0.2, -0.15) is 5.10 Å². The van der Waals surface area contributed by atoms with Gasteiger partial charge in [-0.1, -0.05) is 18.2 Å². The number of nitrogens with two attached hydrogens (primary N) is 1. The van der Waals surface area contributed by atoms with Crippen molar-refractivity contribution in [2.75, 3.05) is 16.8 Å². The second-order valence-corrected chi connectivity index (χ2v) is 7.87. The number of primary sulfonamides is 1. The fourth-order valence-electron chi connectivity index (χ4n) is 2.66. The van der Waals surface area contributed by atoms with Gasteiger partial charge in [-0.05, 0) is 42.5 Å². The molecule has 150 valence electrons. The topological polar surface area (TPSA) is 154 Å². The number of benzene rings is 2. The van der Waals surface area contributed by atoms with Crippen LogP contribution in [0.4, 0.5) is 11.4 Å². The van der Waals surface area contributed by atoms with E-state index in [1.807, 2.05) is 0 Å². The maximum Gasteiger partial charge on any atom is 0.323 e. The zero-order chi connectivity index (χ0) is 21.2. The molecule has 12 heteroatoms. The van der Waals surface area contributed by atoms with Gasteiger partial charge in [-0.3, -0.25) is 19.9 Å². The fraction of sp³-hybridized carbons (Fsp3) is 0.0588. The normalized spacial score (nSPS) is 14.6. The smallest absolute Gasteiger partial charge is 0.323 e. The molecule has 3 rings (SSSR count). The number of sulfonamides is 1. The summed E-state index contributed by atoms with van der Waals surface area (Å²) in [6.45, 7) is -0.492. The summed E-state index contributed by atoms with van der Waals surface area (Å²) >= 11 is 5.12. The molecule has 0 aliphatic carbocycles. The molecule has 1 aliphatic rings. The maximum atomic E-state index is 12.6. The standard InChI is InChI=1S/C17H15N5O5S2/c18-29(26,27)11-7-5-10(6-8-11)19-17(28)21-20-15-12-3-1-2-4-13(12)22(16(15)25)9-14(23)24/h1-8H,9H2,(H,23,24)(H2,18,26,27)(H2,19,21,28)/b20-15-. The molecule has 0 saturated carbocycles. The second kappa shape index (κ2) is 7.95. The number of anilines is 2. The lowest BCUT2D eigenvalue weighted by Gasteiger charge is -2.13. The number of carbonyl (C=O) groups excluding carboxylic acids is 1. The van der Waals surface area contributed by atoms with E-state index in [-0.39, 0.29) is 15.7 Å². The number of thiocarbonyl (C=S) groups is 1. The van der Waals surface area contributed by atoms with Crippen LogP contribution in [0.3, 0.4) is 0 Å². The average molecular weight is 433 g/mol. The zero-order valence-corrected chi connectivity index (χ0v) is 16.3. The Morgan fingerprint density at radius 3 is 2.45 bits per heavy atom. The minimum Gasteiger partial charge on any atom is -0.480 e. The second-order valence-electron chi connectivity index (χ2n) is 5.90. The van der Waals surface area contributed by atoms with Crippen LogP contribution in [0.25, 0.3) is 0 Å². The number of hydrogen-bond donors (Lipinski definition) is 4. The van der Waals surface area contributed by atoms with Crippen molar-refractivity contribution in [1.29, 1.82) is 0 Å². The number of hydrazone groups is 1. The van der Waals surface area contributed by atoms with E-state index in [1.54, 1.807) is 24.3 Å². The Bertz CT molecular complexity index is 1130. The van der Waals surface area contributed by atoms with Crippen LogP contribution < -0.4 is 20.8 Å². The molecule has 5 N–H and O–H groups in total. The summed E-state index contributed by atoms with van der Waals surface area (Å²) in [5.74, 6) is -1.72. The molecule has 2 aromatic carbocycles. The third kappa shape index (κ3) is 4.56. The van der Waals surface area contributed by atoms with E-state index in [2.05, 4.69) is 15.8 Å². The summed E-state index contributed by atoms with van der Waals surface area (Å²) in [7, 11) is -3.80. The number of rotatable bonds is 5. The Labute approximate surface area is 171 Å². The molecule has 1 heterocycles. The molecule has 0 radical (unpaired) electrons. The number of carbonyl (C=O) groups is 2. The van der Waals surface area contributed by atoms with Crippen molar-refractivity contribution in [1.82, 2.24) is 5.43 Å². The van der Waals surface area contributed by atoms with Crippen LogP contribution in [0, 0.1) is 0 Å². The third-order valence-corrected chi connectivity index (χ3v) is 5.02. The molecule has 1 amide bonds. The highest BCUT2D eigenvalue weighted by atomic mass is 32.2. The summed E-state index contributed by atoms with van der Waals surface area (Å²) in [5.41, 5.74) is 3.95. The Hall–Kier alpha value is -3.35. The highest BCUT2D eigenvalue weighted by Crippen LogP contribution is 2.28. The van der Waals surface area contributed by atoms with E-state index >= 15 is 0 Å². The number of nitrogens with one attached hydrogen (secondary N) is 2. The van der Waals surface area contributed by atoms with Crippen molar-refractivity contribution in [3.05, 3.63) is 54.1 Å². The van der Waals surface area contributed by atoms with Crippen molar-refractivity contribution in [3.8, 4) is 0 Å². The molecule has 0 spiro atoms. The van der Waals surface area contributed by atoms with Crippen molar-refractivity contribution in [2.24, 2.45) is 10.2 Å². The van der Waals surface area contributed by atoms with E-state index < -0.39 is 28.4 Å². The SMILES string of the molecule is NS(=O)(=O)c1ccc(NC(=S)N/N=C2\C(=O)N(CC(=O)O)c3ccccc32)cc1. The molecular formula is C17H15N5O5S2. The predicted molar refractivity (Wildman–Crippen MR) is 110 cm³/mol. The number of carboxylic acids is 1. The first-order chi connectivity index (χ1) is 13.7. The number of amides is 1. The number of para-hydroxylation sites is 1. The summed E-state index contributed by atoms with van der Waals surface area (Å²) in [4.78, 5) is 24.7. The molecule has 0 atom stereocenters. The number of nitrogens with zero attached hydrogens (tertiary/aromatic N) is 2. The quantitative estimate of drug-likeness (QED) is 0.392. The third-order valence-electron chi connectivity index (χ3n) is 3.90. The lowest BCUT2D eigenvalue weighted by atomic mass is 10.1. The van der Waals surface area contributed by atoms with E-state index in [4.69, 9.17) is 22.5 Å². The van der Waals surface area contributed by atoms with Gasteiger partial charge in [0.15, 0.2) is 10.8 Å². The van der Waals surface area contributed by atoms with Gasteiger partial charge >= 0.3 is 5.97 Å². The Kier molecular flexibility index (Phi) is 5.59. The molecule has 1 aliphatic heterocycles. The summed E-state index contributed by atoms with van der Waals surface area (Å²) in [5, 5.41) is 20.9. The molecule has 29 heavy (non-hydrogen) atoms. The number of hydrogen-bond acceptors (Lipinski definition) is 6. The maximum absolute atomic E-state index is 12.6. The fourth-order valence-corrected chi connectivity index (χ4v) is 3.33. The molecule has 0 aromatic heterocycles. The van der Waals surface area contributed by atoms with E-state index in [0.29, 0.717) is 16.9 Å². The predicted octanol–water partition coefficient (Wildman–Crippen LogP) is 0.456. The van der Waals surface area contributed by atoms with Crippen LogP contribution in [0.1, 0.15) is 5.56 Å². The van der Waals surface area contributed by atoms with Crippen LogP contribution in [0.15, 0.2) is 58.5 Å². The van der Waals surface area contributed by atoms with E-state index in [1.165, 1.54) is 24.3 Å². The first kappa shape index (κ1) is 20.4. The zero-order valence-electron chi connectivity index (χ0n) is 14.7. The Morgan fingerprint density at radius 2 is 1.83 bits per heavy atom. The summed E-state index contributed by atoms with van der Waals surface area (Å²) in [6, 6.07) is 12.2. The van der Waals surface area contributed by atoms with Crippen molar-refractivity contribution < 1.29 is 23.1 Å². The first-order valence-electron chi connectivity index (χ1n) is 8.07. The molecular weight excluding hydrogens is 418 g/mol. The van der Waals surface area contributed by atoms with Crippen LogP contribution in [-0.4, -0.2) is 42.8 Å². The minimum atomic E-state index is -3.80. The van der Waals surface area contributed by atoms with Gasteiger partial charge in [0.1, 0.15) is 6.54 Å². The van der Waals surface area contributed by atoms with Crippen LogP contribution in [0.5, 0.6) is 0 Å².